The van der Waals surface area contributed by atoms with Crippen LogP contribution in [0.15, 0.2) is 23.2 Å². The van der Waals surface area contributed by atoms with Crippen LogP contribution in [0.2, 0.25) is 0 Å². The van der Waals surface area contributed by atoms with Crippen LogP contribution >= 0.6 is 0 Å². The second-order valence-electron chi connectivity index (χ2n) is 6.03. The Bertz CT molecular complexity index is 595. The fraction of sp³-hybridized carbons (Fsp3) is 0.500. The molecule has 0 radical (unpaired) electrons. The van der Waals surface area contributed by atoms with Gasteiger partial charge in [0.05, 0.1) is 12.0 Å². The Hall–Kier alpha value is -2.06. The lowest BCUT2D eigenvalue weighted by molar-refractivity contribution is 0.0966. The molecule has 0 saturated carbocycles. The van der Waals surface area contributed by atoms with Gasteiger partial charge in [0.15, 0.2) is 0 Å². The third kappa shape index (κ3) is 2.72. The maximum atomic E-state index is 9.48. The summed E-state index contributed by atoms with van der Waals surface area (Å²) >= 11 is 0. The van der Waals surface area contributed by atoms with Crippen molar-refractivity contribution in [1.82, 2.24) is 9.80 Å². The second-order valence-corrected chi connectivity index (χ2v) is 6.03. The molecular weight excluding hydrogens is 264 g/mol. The van der Waals surface area contributed by atoms with Gasteiger partial charge >= 0.3 is 0 Å². The van der Waals surface area contributed by atoms with E-state index in [1.807, 2.05) is 37.2 Å². The lowest BCUT2D eigenvalue weighted by atomic mass is 9.99. The molecule has 2 saturated heterocycles. The van der Waals surface area contributed by atoms with Crippen molar-refractivity contribution in [3.8, 4) is 11.8 Å². The Labute approximate surface area is 125 Å². The largest absolute Gasteiger partial charge is 0.484 e. The summed E-state index contributed by atoms with van der Waals surface area (Å²) in [5, 5.41) is 9.48. The van der Waals surface area contributed by atoms with Gasteiger partial charge in [0.1, 0.15) is 23.0 Å². The van der Waals surface area contributed by atoms with E-state index in [1.54, 1.807) is 6.34 Å². The standard InChI is InChI=1S/C16H20N4O/c1-19(2)12-18-14-4-3-5-15(13(14)10-17)21-16-6-8-20(11-16)9-7-16/h3-5,12H,6-9,11H2,1-2H3/b18-12+. The van der Waals surface area contributed by atoms with Crippen molar-refractivity contribution in [1.29, 1.82) is 5.26 Å². The normalized spacial score (nSPS) is 27.0. The van der Waals surface area contributed by atoms with Crippen LogP contribution in [0.4, 0.5) is 5.69 Å². The summed E-state index contributed by atoms with van der Waals surface area (Å²) in [5.41, 5.74) is 1.08. The van der Waals surface area contributed by atoms with E-state index in [0.29, 0.717) is 17.0 Å². The van der Waals surface area contributed by atoms with Gasteiger partial charge in [-0.15, -0.1) is 0 Å². The van der Waals surface area contributed by atoms with Crippen molar-refractivity contribution in [2.45, 2.75) is 18.4 Å². The summed E-state index contributed by atoms with van der Waals surface area (Å²) < 4.78 is 6.27. The van der Waals surface area contributed by atoms with Crippen LogP contribution in [0.5, 0.6) is 5.75 Å². The van der Waals surface area contributed by atoms with Crippen molar-refractivity contribution < 1.29 is 4.74 Å². The lowest BCUT2D eigenvalue weighted by Gasteiger charge is -2.27. The quantitative estimate of drug-likeness (QED) is 0.627. The molecule has 0 amide bonds. The van der Waals surface area contributed by atoms with Gasteiger partial charge in [-0.05, 0) is 12.1 Å². The predicted octanol–water partition coefficient (Wildman–Crippen LogP) is 2.01. The van der Waals surface area contributed by atoms with E-state index in [-0.39, 0.29) is 5.60 Å². The van der Waals surface area contributed by atoms with Crippen LogP contribution in [0.25, 0.3) is 0 Å². The molecule has 110 valence electrons. The maximum absolute atomic E-state index is 9.48. The molecule has 0 aromatic heterocycles. The van der Waals surface area contributed by atoms with Crippen LogP contribution in [-0.4, -0.2) is 55.5 Å². The molecule has 0 atom stereocenters. The van der Waals surface area contributed by atoms with E-state index in [4.69, 9.17) is 4.74 Å². The van der Waals surface area contributed by atoms with Gasteiger partial charge in [0.25, 0.3) is 0 Å². The summed E-state index contributed by atoms with van der Waals surface area (Å²) in [6, 6.07) is 7.87. The summed E-state index contributed by atoms with van der Waals surface area (Å²) in [7, 11) is 3.81. The third-order valence-corrected chi connectivity index (χ3v) is 4.15. The number of ether oxygens (including phenoxy) is 1. The Morgan fingerprint density at radius 2 is 2.14 bits per heavy atom. The molecule has 0 unspecified atom stereocenters. The van der Waals surface area contributed by atoms with Gasteiger partial charge in [-0.2, -0.15) is 5.26 Å². The van der Waals surface area contributed by atoms with E-state index in [9.17, 15) is 5.26 Å². The SMILES string of the molecule is CN(C)/C=N/c1cccc(OC23CCN(CC2)C3)c1C#N. The number of nitriles is 1. The number of nitrogens with zero attached hydrogens (tertiary/aromatic N) is 4. The van der Waals surface area contributed by atoms with Crippen LogP contribution in [0.3, 0.4) is 0 Å². The molecule has 5 heteroatoms. The van der Waals surface area contributed by atoms with Crippen molar-refractivity contribution in [3.63, 3.8) is 0 Å². The summed E-state index contributed by atoms with van der Waals surface area (Å²) in [4.78, 5) is 8.62. The number of fused-ring (bicyclic) bond motifs is 2. The number of piperidine rings is 1. The molecule has 2 bridgehead atoms. The van der Waals surface area contributed by atoms with Crippen molar-refractivity contribution in [2.24, 2.45) is 4.99 Å². The minimum atomic E-state index is -0.102. The molecule has 0 spiro atoms. The van der Waals surface area contributed by atoms with Gasteiger partial charge in [0.2, 0.25) is 0 Å². The third-order valence-electron chi connectivity index (χ3n) is 4.15. The van der Waals surface area contributed by atoms with Crippen LogP contribution < -0.4 is 4.74 Å². The fourth-order valence-corrected chi connectivity index (χ4v) is 3.05. The molecule has 3 rings (SSSR count). The average Bonchev–Trinajstić information content (AvgIpc) is 3.05. The van der Waals surface area contributed by atoms with Crippen molar-refractivity contribution in [2.75, 3.05) is 33.7 Å². The van der Waals surface area contributed by atoms with Gasteiger partial charge in [0, 0.05) is 46.6 Å². The monoisotopic (exact) mass is 284 g/mol. The summed E-state index contributed by atoms with van der Waals surface area (Å²) in [6.07, 6.45) is 3.79. The van der Waals surface area contributed by atoms with Crippen LogP contribution in [0.1, 0.15) is 18.4 Å². The number of hydrogen-bond donors (Lipinski definition) is 0. The minimum Gasteiger partial charge on any atom is -0.484 e. The van der Waals surface area contributed by atoms with E-state index < -0.39 is 0 Å². The smallest absolute Gasteiger partial charge is 0.140 e. The molecule has 2 heterocycles. The average molecular weight is 284 g/mol. The zero-order chi connectivity index (χ0) is 14.9. The number of aliphatic imine (C=N–C) groups is 1. The molecule has 0 aliphatic carbocycles. The first kappa shape index (κ1) is 13.9. The highest BCUT2D eigenvalue weighted by atomic mass is 16.5. The zero-order valence-corrected chi connectivity index (χ0v) is 12.5. The fourth-order valence-electron chi connectivity index (χ4n) is 3.05. The van der Waals surface area contributed by atoms with Gasteiger partial charge in [-0.25, -0.2) is 4.99 Å². The van der Waals surface area contributed by atoms with Crippen LogP contribution in [0, 0.1) is 11.3 Å². The molecule has 0 N–H and O–H groups in total. The highest BCUT2D eigenvalue weighted by Crippen LogP contribution is 2.39. The van der Waals surface area contributed by atoms with Crippen LogP contribution in [-0.2, 0) is 0 Å². The van der Waals surface area contributed by atoms with Gasteiger partial charge in [-0.1, -0.05) is 6.07 Å². The molecule has 1 aromatic carbocycles. The van der Waals surface area contributed by atoms with Gasteiger partial charge < -0.3 is 9.64 Å². The van der Waals surface area contributed by atoms with Crippen molar-refractivity contribution in [3.05, 3.63) is 23.8 Å². The Kier molecular flexibility index (Phi) is 3.56. The first-order valence-corrected chi connectivity index (χ1v) is 7.27. The molecule has 2 aliphatic rings. The predicted molar refractivity (Wildman–Crippen MR) is 82.0 cm³/mol. The summed E-state index contributed by atoms with van der Waals surface area (Å²) in [5.74, 6) is 0.662. The van der Waals surface area contributed by atoms with E-state index in [0.717, 1.165) is 32.5 Å². The molecule has 1 aromatic rings. The molecule has 21 heavy (non-hydrogen) atoms. The topological polar surface area (TPSA) is 51.9 Å². The minimum absolute atomic E-state index is 0.102. The molecule has 2 fully saturated rings. The van der Waals surface area contributed by atoms with Gasteiger partial charge in [-0.3, -0.25) is 4.90 Å². The maximum Gasteiger partial charge on any atom is 0.140 e. The van der Waals surface area contributed by atoms with E-state index >= 15 is 0 Å². The number of benzene rings is 1. The zero-order valence-electron chi connectivity index (χ0n) is 12.5. The Morgan fingerprint density at radius 1 is 1.38 bits per heavy atom. The van der Waals surface area contributed by atoms with E-state index in [2.05, 4.69) is 16.0 Å². The Morgan fingerprint density at radius 3 is 2.71 bits per heavy atom. The first-order valence-electron chi connectivity index (χ1n) is 7.27. The summed E-state index contributed by atoms with van der Waals surface area (Å²) in [6.45, 7) is 3.17. The van der Waals surface area contributed by atoms with Crippen molar-refractivity contribution >= 4 is 12.0 Å². The second kappa shape index (κ2) is 5.38. The molecule has 2 aliphatic heterocycles. The lowest BCUT2D eigenvalue weighted by Crippen LogP contribution is -2.34. The molecular formula is C16H20N4O. The number of hydrogen-bond acceptors (Lipinski definition) is 4. The van der Waals surface area contributed by atoms with E-state index in [1.165, 1.54) is 0 Å². The highest BCUT2D eigenvalue weighted by molar-refractivity contribution is 5.68. The Balaban J connectivity index is 1.89. The highest BCUT2D eigenvalue weighted by Gasteiger charge is 2.46. The first-order chi connectivity index (χ1) is 10.1. The molecule has 5 nitrogen and oxygen atoms in total. The number of rotatable bonds is 4.